The molecule has 0 heterocycles. The second kappa shape index (κ2) is 6.57. The minimum absolute atomic E-state index is 0.144. The van der Waals surface area contributed by atoms with Crippen molar-refractivity contribution in [1.29, 1.82) is 5.41 Å². The van der Waals surface area contributed by atoms with Crippen molar-refractivity contribution in [2.45, 2.75) is 19.9 Å². The van der Waals surface area contributed by atoms with E-state index in [2.05, 4.69) is 4.90 Å². The highest BCUT2D eigenvalue weighted by Gasteiger charge is 2.06. The molecule has 0 unspecified atom stereocenters. The van der Waals surface area contributed by atoms with Gasteiger partial charge in [-0.1, -0.05) is 24.6 Å². The molecule has 1 rings (SSSR count). The van der Waals surface area contributed by atoms with Gasteiger partial charge < -0.3 is 5.73 Å². The first-order valence-corrected chi connectivity index (χ1v) is 5.90. The fourth-order valence-corrected chi connectivity index (χ4v) is 1.73. The van der Waals surface area contributed by atoms with Gasteiger partial charge in [0.15, 0.2) is 0 Å². The molecule has 0 atom stereocenters. The fraction of sp³-hybridized carbons (Fsp3) is 0.417. The summed E-state index contributed by atoms with van der Waals surface area (Å²) in [6.45, 7) is 4.29. The maximum absolute atomic E-state index is 13.0. The molecule has 0 saturated carbocycles. The third-order valence-corrected chi connectivity index (χ3v) is 2.82. The van der Waals surface area contributed by atoms with Gasteiger partial charge in [0.25, 0.3) is 0 Å². The number of benzene rings is 1. The van der Waals surface area contributed by atoms with Crippen LogP contribution in [0.3, 0.4) is 0 Å². The van der Waals surface area contributed by atoms with Crippen molar-refractivity contribution in [3.63, 3.8) is 0 Å². The van der Waals surface area contributed by atoms with Crippen LogP contribution in [0, 0.1) is 11.2 Å². The standard InChI is InChI=1S/C12H17ClFN3/c1-2-17(6-5-12(15)16)8-9-3-4-11(14)10(13)7-9/h3-4,7H,2,5-6,8H2,1H3,(H3,15,16). The van der Waals surface area contributed by atoms with E-state index >= 15 is 0 Å². The molecule has 0 aliphatic rings. The van der Waals surface area contributed by atoms with Crippen LogP contribution in [-0.4, -0.2) is 23.8 Å². The Morgan fingerprint density at radius 3 is 2.76 bits per heavy atom. The largest absolute Gasteiger partial charge is 0.388 e. The average molecular weight is 258 g/mol. The molecule has 0 bridgehead atoms. The van der Waals surface area contributed by atoms with Crippen LogP contribution < -0.4 is 5.73 Å². The van der Waals surface area contributed by atoms with Crippen molar-refractivity contribution in [2.75, 3.05) is 13.1 Å². The van der Waals surface area contributed by atoms with Crippen LogP contribution >= 0.6 is 11.6 Å². The monoisotopic (exact) mass is 257 g/mol. The number of hydrogen-bond acceptors (Lipinski definition) is 2. The predicted molar refractivity (Wildman–Crippen MR) is 68.9 cm³/mol. The molecular weight excluding hydrogens is 241 g/mol. The van der Waals surface area contributed by atoms with Gasteiger partial charge in [0, 0.05) is 19.5 Å². The molecule has 1 aromatic carbocycles. The molecule has 5 heteroatoms. The topological polar surface area (TPSA) is 53.1 Å². The highest BCUT2D eigenvalue weighted by molar-refractivity contribution is 6.30. The number of rotatable bonds is 6. The van der Waals surface area contributed by atoms with Crippen LogP contribution in [0.15, 0.2) is 18.2 Å². The molecular formula is C12H17ClFN3. The Labute approximate surface area is 106 Å². The highest BCUT2D eigenvalue weighted by Crippen LogP contribution is 2.17. The van der Waals surface area contributed by atoms with E-state index in [1.807, 2.05) is 6.92 Å². The number of halogens is 2. The zero-order chi connectivity index (χ0) is 12.8. The van der Waals surface area contributed by atoms with E-state index in [-0.39, 0.29) is 10.9 Å². The van der Waals surface area contributed by atoms with Gasteiger partial charge in [0.1, 0.15) is 5.82 Å². The summed E-state index contributed by atoms with van der Waals surface area (Å²) < 4.78 is 13.0. The molecule has 17 heavy (non-hydrogen) atoms. The summed E-state index contributed by atoms with van der Waals surface area (Å²) >= 11 is 5.72. The second-order valence-corrected chi connectivity index (χ2v) is 4.30. The zero-order valence-electron chi connectivity index (χ0n) is 9.84. The Bertz CT molecular complexity index is 395. The highest BCUT2D eigenvalue weighted by atomic mass is 35.5. The summed E-state index contributed by atoms with van der Waals surface area (Å²) in [4.78, 5) is 2.13. The summed E-state index contributed by atoms with van der Waals surface area (Å²) in [5.41, 5.74) is 6.28. The Kier molecular flexibility index (Phi) is 5.38. The molecule has 0 aliphatic carbocycles. The summed E-state index contributed by atoms with van der Waals surface area (Å²) in [6, 6.07) is 4.72. The van der Waals surface area contributed by atoms with Crippen molar-refractivity contribution in [3.8, 4) is 0 Å². The molecule has 0 fully saturated rings. The Hall–Kier alpha value is -1.13. The van der Waals surface area contributed by atoms with Crippen molar-refractivity contribution in [3.05, 3.63) is 34.6 Å². The van der Waals surface area contributed by atoms with E-state index < -0.39 is 5.82 Å². The number of nitrogens with zero attached hydrogens (tertiary/aromatic N) is 1. The lowest BCUT2D eigenvalue weighted by Crippen LogP contribution is -2.27. The number of nitrogens with one attached hydrogen (secondary N) is 1. The van der Waals surface area contributed by atoms with Crippen LogP contribution in [0.5, 0.6) is 0 Å². The van der Waals surface area contributed by atoms with E-state index in [1.54, 1.807) is 12.1 Å². The third-order valence-electron chi connectivity index (χ3n) is 2.53. The summed E-state index contributed by atoms with van der Waals surface area (Å²) in [6.07, 6.45) is 0.544. The van der Waals surface area contributed by atoms with E-state index in [0.29, 0.717) is 13.0 Å². The van der Waals surface area contributed by atoms with Gasteiger partial charge in [-0.05, 0) is 24.2 Å². The Morgan fingerprint density at radius 1 is 1.53 bits per heavy atom. The lowest BCUT2D eigenvalue weighted by molar-refractivity contribution is 0.288. The van der Waals surface area contributed by atoms with E-state index in [1.165, 1.54) is 6.07 Å². The van der Waals surface area contributed by atoms with E-state index in [9.17, 15) is 4.39 Å². The van der Waals surface area contributed by atoms with Gasteiger partial charge in [-0.25, -0.2) is 4.39 Å². The van der Waals surface area contributed by atoms with Gasteiger partial charge in [-0.2, -0.15) is 0 Å². The molecule has 94 valence electrons. The lowest BCUT2D eigenvalue weighted by atomic mass is 10.2. The van der Waals surface area contributed by atoms with Crippen LogP contribution in [-0.2, 0) is 6.54 Å². The summed E-state index contributed by atoms with van der Waals surface area (Å²) in [5, 5.41) is 7.33. The second-order valence-electron chi connectivity index (χ2n) is 3.89. The van der Waals surface area contributed by atoms with Crippen molar-refractivity contribution >= 4 is 17.4 Å². The van der Waals surface area contributed by atoms with Gasteiger partial charge in [-0.3, -0.25) is 10.3 Å². The SMILES string of the molecule is CCN(CCC(=N)N)Cc1ccc(F)c(Cl)c1. The molecule has 0 saturated heterocycles. The van der Waals surface area contributed by atoms with Crippen molar-refractivity contribution in [1.82, 2.24) is 4.90 Å². The summed E-state index contributed by atoms with van der Waals surface area (Å²) in [7, 11) is 0. The lowest BCUT2D eigenvalue weighted by Gasteiger charge is -2.20. The molecule has 0 amide bonds. The molecule has 0 aromatic heterocycles. The van der Waals surface area contributed by atoms with Crippen LogP contribution in [0.1, 0.15) is 18.9 Å². The fourth-order valence-electron chi connectivity index (χ4n) is 1.52. The zero-order valence-corrected chi connectivity index (χ0v) is 10.6. The van der Waals surface area contributed by atoms with Crippen molar-refractivity contribution < 1.29 is 4.39 Å². The van der Waals surface area contributed by atoms with Gasteiger partial charge in [0.05, 0.1) is 10.9 Å². The van der Waals surface area contributed by atoms with Gasteiger partial charge in [-0.15, -0.1) is 0 Å². The normalized spacial score (nSPS) is 10.8. The average Bonchev–Trinajstić information content (AvgIpc) is 2.28. The first-order valence-electron chi connectivity index (χ1n) is 5.52. The molecule has 0 aliphatic heterocycles. The predicted octanol–water partition coefficient (Wildman–Crippen LogP) is 2.63. The third kappa shape index (κ3) is 4.71. The van der Waals surface area contributed by atoms with Crippen LogP contribution in [0.25, 0.3) is 0 Å². The quantitative estimate of drug-likeness (QED) is 0.608. The minimum atomic E-state index is -0.401. The number of amidine groups is 1. The minimum Gasteiger partial charge on any atom is -0.388 e. The molecule has 0 radical (unpaired) electrons. The smallest absolute Gasteiger partial charge is 0.141 e. The maximum Gasteiger partial charge on any atom is 0.141 e. The Morgan fingerprint density at radius 2 is 2.24 bits per heavy atom. The van der Waals surface area contributed by atoms with Crippen LogP contribution in [0.4, 0.5) is 4.39 Å². The first-order chi connectivity index (χ1) is 8.02. The summed E-state index contributed by atoms with van der Waals surface area (Å²) in [5.74, 6) is -0.220. The molecule has 0 spiro atoms. The molecule has 3 N–H and O–H groups in total. The van der Waals surface area contributed by atoms with E-state index in [0.717, 1.165) is 18.7 Å². The van der Waals surface area contributed by atoms with E-state index in [4.69, 9.17) is 22.7 Å². The van der Waals surface area contributed by atoms with Crippen LogP contribution in [0.2, 0.25) is 5.02 Å². The molecule has 1 aromatic rings. The van der Waals surface area contributed by atoms with Gasteiger partial charge >= 0.3 is 0 Å². The maximum atomic E-state index is 13.0. The Balaban J connectivity index is 2.60. The van der Waals surface area contributed by atoms with Crippen molar-refractivity contribution in [2.24, 2.45) is 5.73 Å². The number of nitrogens with two attached hydrogens (primary N) is 1. The first kappa shape index (κ1) is 13.9. The van der Waals surface area contributed by atoms with Gasteiger partial charge in [0.2, 0.25) is 0 Å². The number of hydrogen-bond donors (Lipinski definition) is 2. The molecule has 3 nitrogen and oxygen atoms in total.